The zero-order valence-electron chi connectivity index (χ0n) is 46.0. The van der Waals surface area contributed by atoms with E-state index < -0.39 is 28.3 Å². The van der Waals surface area contributed by atoms with E-state index in [-0.39, 0.29) is 69.8 Å². The molecule has 2 amide bonds. The van der Waals surface area contributed by atoms with Crippen molar-refractivity contribution in [2.75, 3.05) is 27.2 Å². The highest BCUT2D eigenvalue weighted by Crippen LogP contribution is 2.79. The molecule has 6 fully saturated rings. The summed E-state index contributed by atoms with van der Waals surface area (Å²) in [6.45, 7) is 23.2. The Morgan fingerprint density at radius 2 is 1.52 bits per heavy atom. The summed E-state index contributed by atoms with van der Waals surface area (Å²) in [5.74, 6) is 0.400. The number of carboxylic acid groups (broad SMARTS) is 1. The van der Waals surface area contributed by atoms with E-state index in [1.54, 1.807) is 0 Å². The second kappa shape index (κ2) is 18.2. The van der Waals surface area contributed by atoms with Gasteiger partial charge in [-0.05, 0) is 164 Å². The maximum absolute atomic E-state index is 15.2. The number of esters is 1. The van der Waals surface area contributed by atoms with Crippen LogP contribution in [0.1, 0.15) is 157 Å². The van der Waals surface area contributed by atoms with Crippen LogP contribution in [-0.2, 0) is 32.3 Å². The fraction of sp³-hybridized carbons (Fsp3) is 0.661. The number of carbonyl (C=O) groups excluding carboxylic acids is 3. The zero-order chi connectivity index (χ0) is 52.3. The molecule has 10 rings (SSSR count). The highest BCUT2D eigenvalue weighted by atomic mass is 16.5. The van der Waals surface area contributed by atoms with Crippen LogP contribution in [0.3, 0.4) is 0 Å². The lowest BCUT2D eigenvalue weighted by atomic mass is 9.30. The first-order valence-electron chi connectivity index (χ1n) is 28.0. The monoisotopic (exact) mass is 996 g/mol. The van der Waals surface area contributed by atoms with Gasteiger partial charge in [0.1, 0.15) is 12.4 Å². The first kappa shape index (κ1) is 51.7. The summed E-state index contributed by atoms with van der Waals surface area (Å²) < 4.78 is 8.19. The van der Waals surface area contributed by atoms with E-state index in [4.69, 9.17) is 9.72 Å². The van der Waals surface area contributed by atoms with Crippen molar-refractivity contribution in [2.45, 2.75) is 164 Å². The van der Waals surface area contributed by atoms with Gasteiger partial charge in [0.05, 0.1) is 34.8 Å². The van der Waals surface area contributed by atoms with Crippen LogP contribution >= 0.6 is 0 Å². The van der Waals surface area contributed by atoms with Crippen molar-refractivity contribution in [2.24, 2.45) is 68.0 Å². The molecule has 1 unspecified atom stereocenters. The third kappa shape index (κ3) is 7.66. The molecule has 2 heterocycles. The van der Waals surface area contributed by atoms with Gasteiger partial charge in [0.2, 0.25) is 0 Å². The van der Waals surface area contributed by atoms with Crippen molar-refractivity contribution in [3.05, 3.63) is 89.4 Å². The highest BCUT2D eigenvalue weighted by molar-refractivity contribution is 6.02. The fourth-order valence-electron chi connectivity index (χ4n) is 18.6. The van der Waals surface area contributed by atoms with Gasteiger partial charge in [0, 0.05) is 26.1 Å². The number of carbonyl (C=O) groups is 4. The number of aliphatic carboxylic acids is 1. The number of hydrogen-bond acceptors (Lipinski definition) is 7. The van der Waals surface area contributed by atoms with Crippen molar-refractivity contribution >= 4 is 23.8 Å². The number of likely N-dealkylation sites (tertiary alicyclic amines) is 1. The molecule has 11 atom stereocenters. The molecule has 5 saturated carbocycles. The van der Waals surface area contributed by atoms with Gasteiger partial charge in [-0.25, -0.2) is 9.78 Å². The molecule has 7 aliphatic rings. The lowest BCUT2D eigenvalue weighted by molar-refractivity contribution is -0.261. The van der Waals surface area contributed by atoms with Gasteiger partial charge in [-0.1, -0.05) is 123 Å². The minimum absolute atomic E-state index is 0.0184. The summed E-state index contributed by atoms with van der Waals surface area (Å²) in [5, 5.41) is 15.1. The predicted octanol–water partition coefficient (Wildman–Crippen LogP) is 12.2. The topological polar surface area (TPSA) is 134 Å². The van der Waals surface area contributed by atoms with Crippen molar-refractivity contribution in [1.82, 2.24) is 24.7 Å². The molecule has 2 N–H and O–H groups in total. The van der Waals surface area contributed by atoms with Gasteiger partial charge < -0.3 is 29.5 Å². The van der Waals surface area contributed by atoms with Crippen LogP contribution in [0.2, 0.25) is 0 Å². The summed E-state index contributed by atoms with van der Waals surface area (Å²) in [6, 6.07) is 19.8. The number of rotatable bonds is 12. The van der Waals surface area contributed by atoms with Crippen molar-refractivity contribution in [3.63, 3.8) is 0 Å². The summed E-state index contributed by atoms with van der Waals surface area (Å²) in [6.07, 6.45) is 11.8. The van der Waals surface area contributed by atoms with E-state index in [0.717, 1.165) is 106 Å². The summed E-state index contributed by atoms with van der Waals surface area (Å²) >= 11 is 0. The largest absolute Gasteiger partial charge is 0.481 e. The second-order valence-corrected chi connectivity index (χ2v) is 26.6. The minimum atomic E-state index is -1.04. The molecule has 0 spiro atoms. The van der Waals surface area contributed by atoms with E-state index in [9.17, 15) is 19.5 Å². The predicted molar refractivity (Wildman–Crippen MR) is 285 cm³/mol. The molecular formula is C62H85N5O6. The first-order valence-corrected chi connectivity index (χ1v) is 28.0. The normalized spacial score (nSPS) is 36.2. The number of allylic oxidation sites excluding steroid dienone is 1. The van der Waals surface area contributed by atoms with E-state index in [1.807, 2.05) is 61.3 Å². The van der Waals surface area contributed by atoms with Gasteiger partial charge >= 0.3 is 18.0 Å². The van der Waals surface area contributed by atoms with Gasteiger partial charge in [-0.2, -0.15) is 0 Å². The number of fused-ring (bicyclic) bond motifs is 7. The number of ether oxygens (including phenoxy) is 1. The summed E-state index contributed by atoms with van der Waals surface area (Å²) in [7, 11) is 4.18. The van der Waals surface area contributed by atoms with E-state index in [0.29, 0.717) is 31.2 Å². The maximum Gasteiger partial charge on any atom is 0.318 e. The van der Waals surface area contributed by atoms with Crippen LogP contribution in [0.5, 0.6) is 0 Å². The quantitative estimate of drug-likeness (QED) is 0.171. The number of aromatic nitrogens is 2. The van der Waals surface area contributed by atoms with Crippen LogP contribution in [0, 0.1) is 68.0 Å². The van der Waals surface area contributed by atoms with Crippen LogP contribution in [-0.4, -0.2) is 80.9 Å². The standard InChI is InChI=1S/C62H85N5O6/c1-39(2)50-46(68)36-61(64-55(72)67-32-18-23-44(67)52-63-37-45(41-21-16-13-17-22-41)66(52)34-33-65(10)11)31-30-59(8)42(51(50)61)24-25-49-58(7)28-26-48(56(3,4)47(58)27-29-60(49,59)9)62(54(70)71)35-43(57(62,5)6)53(69)73-38-40-19-14-12-15-20-40/h12-17,19-22,37,39,42-44,47-49H,18,23-36,38H2,1-11H3,(H,64,72)(H,70,71)/t42-,43+,44?,47-,48+,49-,58-,59-,60-,61-,62-/m1/s1. The van der Waals surface area contributed by atoms with Gasteiger partial charge in [0.15, 0.2) is 5.78 Å². The summed E-state index contributed by atoms with van der Waals surface area (Å²) in [4.78, 5) is 66.7. The third-order valence-corrected chi connectivity index (χ3v) is 22.4. The number of imidazole rings is 1. The molecule has 11 heteroatoms. The zero-order valence-corrected chi connectivity index (χ0v) is 46.0. The highest BCUT2D eigenvalue weighted by Gasteiger charge is 2.76. The SMILES string of the molecule is CC(C)C1=C2[C@H]3CC[C@@H]4[C@]5(C)CC[C@H]([C@@]6(C(=O)O)C[C@@H](C(=O)OCc7ccccc7)C6(C)C)C(C)(C)[C@H]5CC[C@@]4(C)[C@]3(C)CC[C@@]2(NC(=O)N2CCCC2c2ncc(-c3ccccc3)n2CCN(C)C)CC1=O. The molecule has 2 aromatic carbocycles. The Balaban J connectivity index is 0.909. The molecule has 1 aliphatic heterocycles. The molecule has 6 aliphatic carbocycles. The molecule has 11 nitrogen and oxygen atoms in total. The van der Waals surface area contributed by atoms with E-state index >= 15 is 4.79 Å². The summed E-state index contributed by atoms with van der Waals surface area (Å²) in [5.41, 5.74) is 2.28. The van der Waals surface area contributed by atoms with Gasteiger partial charge in [-0.15, -0.1) is 0 Å². The molecule has 394 valence electrons. The molecule has 0 radical (unpaired) electrons. The van der Waals surface area contributed by atoms with Gasteiger partial charge in [0.25, 0.3) is 0 Å². The Labute approximate surface area is 435 Å². The fourth-order valence-corrected chi connectivity index (χ4v) is 18.6. The molecule has 73 heavy (non-hydrogen) atoms. The number of Topliss-reactive ketones (excluding diaryl/α,β-unsaturated/α-hetero) is 1. The van der Waals surface area contributed by atoms with E-state index in [2.05, 4.69) is 102 Å². The molecule has 1 saturated heterocycles. The Morgan fingerprint density at radius 1 is 0.836 bits per heavy atom. The average molecular weight is 996 g/mol. The number of urea groups is 1. The number of nitrogens with one attached hydrogen (secondary N) is 1. The van der Waals surface area contributed by atoms with Crippen LogP contribution in [0.25, 0.3) is 11.3 Å². The first-order chi connectivity index (χ1) is 34.5. The van der Waals surface area contributed by atoms with Crippen LogP contribution in [0.4, 0.5) is 4.79 Å². The van der Waals surface area contributed by atoms with Crippen molar-refractivity contribution < 1.29 is 29.0 Å². The molecule has 0 bridgehead atoms. The van der Waals surface area contributed by atoms with Crippen LogP contribution in [0.15, 0.2) is 78.0 Å². The number of ketones is 1. The molecule has 1 aromatic heterocycles. The lowest BCUT2D eigenvalue weighted by Crippen LogP contribution is -2.71. The van der Waals surface area contributed by atoms with Crippen molar-refractivity contribution in [1.29, 1.82) is 0 Å². The number of nitrogens with zero attached hydrogens (tertiary/aromatic N) is 4. The smallest absolute Gasteiger partial charge is 0.318 e. The number of amides is 2. The Bertz CT molecular complexity index is 2670. The maximum atomic E-state index is 15.2. The average Bonchev–Trinajstić information content (AvgIpc) is 4.07. The Morgan fingerprint density at radius 3 is 2.18 bits per heavy atom. The number of benzene rings is 2. The Hall–Kier alpha value is -4.77. The minimum Gasteiger partial charge on any atom is -0.481 e. The van der Waals surface area contributed by atoms with Crippen LogP contribution < -0.4 is 5.32 Å². The Kier molecular flexibility index (Phi) is 12.9. The number of carboxylic acids is 1. The second-order valence-electron chi connectivity index (χ2n) is 26.6. The third-order valence-electron chi connectivity index (χ3n) is 22.4. The molecular weight excluding hydrogens is 911 g/mol. The van der Waals surface area contributed by atoms with Crippen molar-refractivity contribution in [3.8, 4) is 11.3 Å². The van der Waals surface area contributed by atoms with Gasteiger partial charge in [-0.3, -0.25) is 14.4 Å². The number of hydrogen-bond donors (Lipinski definition) is 2. The molecule has 3 aromatic rings. The van der Waals surface area contributed by atoms with E-state index in [1.165, 1.54) is 5.57 Å². The number of likely N-dealkylation sites (N-methyl/N-ethyl adjacent to an activating group) is 1. The lowest BCUT2D eigenvalue weighted by Gasteiger charge is -2.74.